The zero-order valence-electron chi connectivity index (χ0n) is 8.83. The Morgan fingerprint density at radius 1 is 1.27 bits per heavy atom. The first-order valence-corrected chi connectivity index (χ1v) is 5.31. The Morgan fingerprint density at radius 2 is 2.00 bits per heavy atom. The van der Waals surface area contributed by atoms with E-state index in [1.807, 2.05) is 19.1 Å². The van der Waals surface area contributed by atoms with Gasteiger partial charge in [0.05, 0.1) is 19.8 Å². The molecule has 0 heterocycles. The molecule has 84 valence electrons. The molecule has 0 atom stereocenters. The van der Waals surface area contributed by atoms with Crippen molar-refractivity contribution in [2.75, 3.05) is 25.6 Å². The van der Waals surface area contributed by atoms with Crippen LogP contribution < -0.4 is 5.73 Å². The van der Waals surface area contributed by atoms with Gasteiger partial charge in [-0.05, 0) is 19.1 Å². The fraction of sp³-hybridized carbons (Fsp3) is 0.455. The van der Waals surface area contributed by atoms with Gasteiger partial charge in [0.25, 0.3) is 0 Å². The zero-order chi connectivity index (χ0) is 11.1. The first-order chi connectivity index (χ1) is 7.25. The molecule has 0 fully saturated rings. The van der Waals surface area contributed by atoms with Gasteiger partial charge in [0.15, 0.2) is 0 Å². The molecule has 0 aliphatic heterocycles. The fourth-order valence-electron chi connectivity index (χ4n) is 1.16. The number of nitrogens with two attached hydrogens (primary N) is 1. The molecule has 15 heavy (non-hydrogen) atoms. The molecule has 0 saturated heterocycles. The number of hydrogen-bond donors (Lipinski definition) is 1. The van der Waals surface area contributed by atoms with E-state index < -0.39 is 0 Å². The van der Waals surface area contributed by atoms with Crippen molar-refractivity contribution in [2.24, 2.45) is 0 Å². The molecule has 0 spiro atoms. The topological polar surface area (TPSA) is 44.5 Å². The van der Waals surface area contributed by atoms with Crippen LogP contribution in [-0.2, 0) is 16.1 Å². The lowest BCUT2D eigenvalue weighted by Crippen LogP contribution is -2.05. The van der Waals surface area contributed by atoms with E-state index in [0.717, 1.165) is 5.56 Å². The Kier molecular flexibility index (Phi) is 5.47. The summed E-state index contributed by atoms with van der Waals surface area (Å²) in [7, 11) is 0. The van der Waals surface area contributed by atoms with Gasteiger partial charge in [0.2, 0.25) is 0 Å². The summed E-state index contributed by atoms with van der Waals surface area (Å²) >= 11 is 5.98. The maximum Gasteiger partial charge on any atom is 0.0752 e. The van der Waals surface area contributed by atoms with Gasteiger partial charge in [-0.15, -0.1) is 0 Å². The summed E-state index contributed by atoms with van der Waals surface area (Å²) in [5, 5.41) is 0.645. The maximum absolute atomic E-state index is 5.98. The van der Waals surface area contributed by atoms with E-state index in [0.29, 0.717) is 37.1 Å². The quantitative estimate of drug-likeness (QED) is 0.602. The van der Waals surface area contributed by atoms with Gasteiger partial charge in [-0.2, -0.15) is 0 Å². The molecule has 4 heteroatoms. The van der Waals surface area contributed by atoms with E-state index in [-0.39, 0.29) is 0 Å². The minimum Gasteiger partial charge on any atom is -0.398 e. The van der Waals surface area contributed by atoms with E-state index in [9.17, 15) is 0 Å². The molecule has 0 saturated carbocycles. The third-order valence-electron chi connectivity index (χ3n) is 1.98. The van der Waals surface area contributed by atoms with Crippen LogP contribution >= 0.6 is 11.6 Å². The first-order valence-electron chi connectivity index (χ1n) is 4.94. The predicted molar refractivity (Wildman–Crippen MR) is 62.0 cm³/mol. The Hall–Kier alpha value is -0.770. The molecule has 1 aromatic carbocycles. The third-order valence-corrected chi connectivity index (χ3v) is 2.33. The summed E-state index contributed by atoms with van der Waals surface area (Å²) in [6.45, 7) is 4.24. The van der Waals surface area contributed by atoms with Crippen molar-refractivity contribution in [1.29, 1.82) is 0 Å². The highest BCUT2D eigenvalue weighted by Gasteiger charge is 2.03. The fourth-order valence-corrected chi connectivity index (χ4v) is 1.40. The SMILES string of the molecule is CCOCCOCc1c(N)cccc1Cl. The molecule has 3 nitrogen and oxygen atoms in total. The van der Waals surface area contributed by atoms with E-state index >= 15 is 0 Å². The second-order valence-corrected chi connectivity index (χ2v) is 3.46. The molecule has 0 aliphatic carbocycles. The summed E-state index contributed by atoms with van der Waals surface area (Å²) in [6, 6.07) is 5.44. The average Bonchev–Trinajstić information content (AvgIpc) is 2.21. The number of hydrogen-bond acceptors (Lipinski definition) is 3. The summed E-state index contributed by atoms with van der Waals surface area (Å²) in [5.74, 6) is 0. The summed E-state index contributed by atoms with van der Waals surface area (Å²) in [5.41, 5.74) is 7.28. The second kappa shape index (κ2) is 6.67. The highest BCUT2D eigenvalue weighted by molar-refractivity contribution is 6.31. The van der Waals surface area contributed by atoms with Crippen molar-refractivity contribution < 1.29 is 9.47 Å². The van der Waals surface area contributed by atoms with Crippen LogP contribution in [-0.4, -0.2) is 19.8 Å². The number of halogens is 1. The molecular weight excluding hydrogens is 214 g/mol. The number of ether oxygens (including phenoxy) is 2. The van der Waals surface area contributed by atoms with E-state index in [1.54, 1.807) is 6.07 Å². The molecule has 0 unspecified atom stereocenters. The van der Waals surface area contributed by atoms with Gasteiger partial charge in [0.1, 0.15) is 0 Å². The highest BCUT2D eigenvalue weighted by atomic mass is 35.5. The normalized spacial score (nSPS) is 10.5. The van der Waals surface area contributed by atoms with E-state index in [1.165, 1.54) is 0 Å². The second-order valence-electron chi connectivity index (χ2n) is 3.06. The van der Waals surface area contributed by atoms with Crippen LogP contribution in [0.3, 0.4) is 0 Å². The molecule has 2 N–H and O–H groups in total. The Morgan fingerprint density at radius 3 is 2.67 bits per heavy atom. The van der Waals surface area contributed by atoms with Crippen LogP contribution in [0.4, 0.5) is 5.69 Å². The van der Waals surface area contributed by atoms with Crippen LogP contribution in [0.15, 0.2) is 18.2 Å². The van der Waals surface area contributed by atoms with Crippen molar-refractivity contribution in [3.8, 4) is 0 Å². The lowest BCUT2D eigenvalue weighted by atomic mass is 10.2. The molecular formula is C11H16ClNO2. The number of anilines is 1. The van der Waals surface area contributed by atoms with Gasteiger partial charge in [-0.25, -0.2) is 0 Å². The van der Waals surface area contributed by atoms with E-state index in [4.69, 9.17) is 26.8 Å². The van der Waals surface area contributed by atoms with Crippen molar-refractivity contribution >= 4 is 17.3 Å². The maximum atomic E-state index is 5.98. The molecule has 1 rings (SSSR count). The monoisotopic (exact) mass is 229 g/mol. The molecule has 0 aliphatic rings. The average molecular weight is 230 g/mol. The van der Waals surface area contributed by atoms with Gasteiger partial charge in [-0.3, -0.25) is 0 Å². The minimum atomic E-state index is 0.429. The standard InChI is InChI=1S/C11H16ClNO2/c1-2-14-6-7-15-8-9-10(12)4-3-5-11(9)13/h3-5H,2,6-8,13H2,1H3. The smallest absolute Gasteiger partial charge is 0.0752 e. The van der Waals surface area contributed by atoms with Crippen molar-refractivity contribution in [3.05, 3.63) is 28.8 Å². The van der Waals surface area contributed by atoms with Crippen molar-refractivity contribution in [2.45, 2.75) is 13.5 Å². The van der Waals surface area contributed by atoms with Crippen LogP contribution in [0, 0.1) is 0 Å². The predicted octanol–water partition coefficient (Wildman–Crippen LogP) is 2.48. The van der Waals surface area contributed by atoms with Crippen molar-refractivity contribution in [1.82, 2.24) is 0 Å². The largest absolute Gasteiger partial charge is 0.398 e. The summed E-state index contributed by atoms with van der Waals surface area (Å²) < 4.78 is 10.5. The first kappa shape index (κ1) is 12.3. The summed E-state index contributed by atoms with van der Waals surface area (Å²) in [6.07, 6.45) is 0. The Balaban J connectivity index is 2.37. The van der Waals surface area contributed by atoms with Crippen LogP contribution in [0.2, 0.25) is 5.02 Å². The van der Waals surface area contributed by atoms with Crippen molar-refractivity contribution in [3.63, 3.8) is 0 Å². The van der Waals surface area contributed by atoms with Crippen LogP contribution in [0.1, 0.15) is 12.5 Å². The van der Waals surface area contributed by atoms with Gasteiger partial charge in [-0.1, -0.05) is 17.7 Å². The molecule has 0 aromatic heterocycles. The molecule has 0 bridgehead atoms. The van der Waals surface area contributed by atoms with Gasteiger partial charge < -0.3 is 15.2 Å². The highest BCUT2D eigenvalue weighted by Crippen LogP contribution is 2.22. The zero-order valence-corrected chi connectivity index (χ0v) is 9.59. The van der Waals surface area contributed by atoms with Crippen LogP contribution in [0.25, 0.3) is 0 Å². The Labute approximate surface area is 95.1 Å². The van der Waals surface area contributed by atoms with E-state index in [2.05, 4.69) is 0 Å². The molecule has 0 radical (unpaired) electrons. The lowest BCUT2D eigenvalue weighted by Gasteiger charge is -2.08. The third kappa shape index (κ3) is 4.08. The molecule has 1 aromatic rings. The number of benzene rings is 1. The van der Waals surface area contributed by atoms with Crippen LogP contribution in [0.5, 0.6) is 0 Å². The lowest BCUT2D eigenvalue weighted by molar-refractivity contribution is 0.0455. The number of rotatable bonds is 6. The molecule has 0 amide bonds. The van der Waals surface area contributed by atoms with Gasteiger partial charge in [0, 0.05) is 22.9 Å². The Bertz CT molecular complexity index is 284. The number of nitrogen functional groups attached to an aromatic ring is 1. The minimum absolute atomic E-state index is 0.429. The van der Waals surface area contributed by atoms with Gasteiger partial charge >= 0.3 is 0 Å². The summed E-state index contributed by atoms with van der Waals surface area (Å²) in [4.78, 5) is 0.